The van der Waals surface area contributed by atoms with Crippen molar-refractivity contribution in [3.63, 3.8) is 0 Å². The van der Waals surface area contributed by atoms with Crippen LogP contribution in [0.5, 0.6) is 0 Å². The zero-order valence-corrected chi connectivity index (χ0v) is 20.7. The number of rotatable bonds is 15. The highest BCUT2D eigenvalue weighted by molar-refractivity contribution is 5.94. The number of H-pyrrole nitrogens is 1. The number of nitrogens with zero attached hydrogens (tertiary/aromatic N) is 1. The number of aliphatic hydroxyl groups is 1. The monoisotopic (exact) mass is 532 g/mol. The molecule has 5 atom stereocenters. The number of hydrogen-bond donors (Lipinski definition) is 8. The van der Waals surface area contributed by atoms with Crippen molar-refractivity contribution in [3.05, 3.63) is 54.1 Å². The number of hydrogen-bond acceptors (Lipinski definition) is 8. The van der Waals surface area contributed by atoms with E-state index < -0.39 is 66.4 Å². The third-order valence-corrected chi connectivity index (χ3v) is 5.61. The van der Waals surface area contributed by atoms with E-state index in [1.807, 2.05) is 0 Å². The molecule has 0 saturated carbocycles. The Morgan fingerprint density at radius 1 is 0.921 bits per heavy atom. The van der Waals surface area contributed by atoms with Gasteiger partial charge in [-0.3, -0.25) is 19.2 Å². The van der Waals surface area contributed by atoms with E-state index in [0.717, 1.165) is 0 Å². The van der Waals surface area contributed by atoms with Gasteiger partial charge >= 0.3 is 11.9 Å². The molecule has 38 heavy (non-hydrogen) atoms. The third-order valence-electron chi connectivity index (χ3n) is 5.61. The highest BCUT2D eigenvalue weighted by Crippen LogP contribution is 2.07. The highest BCUT2D eigenvalue weighted by atomic mass is 16.4. The normalized spacial score (nSPS) is 14.8. The van der Waals surface area contributed by atoms with Crippen molar-refractivity contribution in [1.29, 1.82) is 0 Å². The van der Waals surface area contributed by atoms with Crippen molar-refractivity contribution >= 4 is 29.7 Å². The van der Waals surface area contributed by atoms with E-state index in [2.05, 4.69) is 25.9 Å². The molecule has 5 unspecified atom stereocenters. The fourth-order valence-electron chi connectivity index (χ4n) is 3.44. The summed E-state index contributed by atoms with van der Waals surface area (Å²) in [6.45, 7) is 1.31. The number of carbonyl (C=O) groups is 5. The summed E-state index contributed by atoms with van der Waals surface area (Å²) in [5.41, 5.74) is 6.78. The summed E-state index contributed by atoms with van der Waals surface area (Å²) in [7, 11) is 0. The SMILES string of the molecule is CC(O)C(N)C(=O)NC(Cc1ccccc1)C(=O)NC(CCC(=O)O)C(=O)NC(Cc1cnc[nH]1)C(=O)O. The van der Waals surface area contributed by atoms with E-state index in [9.17, 15) is 34.2 Å². The number of aliphatic carboxylic acids is 2. The van der Waals surface area contributed by atoms with Crippen molar-refractivity contribution in [2.45, 2.75) is 62.9 Å². The van der Waals surface area contributed by atoms with Crippen LogP contribution in [0.4, 0.5) is 0 Å². The van der Waals surface area contributed by atoms with Crippen molar-refractivity contribution in [1.82, 2.24) is 25.9 Å². The lowest BCUT2D eigenvalue weighted by atomic mass is 10.0. The molecule has 0 aliphatic carbocycles. The Hall–Kier alpha value is -4.30. The van der Waals surface area contributed by atoms with Gasteiger partial charge in [0, 0.05) is 31.2 Å². The lowest BCUT2D eigenvalue weighted by molar-refractivity contribution is -0.143. The molecule has 1 aromatic carbocycles. The van der Waals surface area contributed by atoms with Gasteiger partial charge in [-0.2, -0.15) is 0 Å². The number of nitrogens with two attached hydrogens (primary N) is 1. The van der Waals surface area contributed by atoms with Crippen LogP contribution in [0.1, 0.15) is 31.0 Å². The third kappa shape index (κ3) is 9.63. The number of amides is 3. The second-order valence-corrected chi connectivity index (χ2v) is 8.69. The van der Waals surface area contributed by atoms with Gasteiger partial charge in [0.2, 0.25) is 17.7 Å². The van der Waals surface area contributed by atoms with Crippen LogP contribution >= 0.6 is 0 Å². The van der Waals surface area contributed by atoms with Crippen LogP contribution in [-0.4, -0.2) is 85.2 Å². The fraction of sp³-hybridized carbons (Fsp3) is 0.417. The Bertz CT molecular complexity index is 1090. The molecule has 0 aliphatic heterocycles. The average Bonchev–Trinajstić information content (AvgIpc) is 3.38. The van der Waals surface area contributed by atoms with E-state index in [1.54, 1.807) is 30.3 Å². The Morgan fingerprint density at radius 2 is 1.53 bits per heavy atom. The van der Waals surface area contributed by atoms with Crippen molar-refractivity contribution in [3.8, 4) is 0 Å². The zero-order chi connectivity index (χ0) is 28.2. The highest BCUT2D eigenvalue weighted by Gasteiger charge is 2.31. The molecule has 2 rings (SSSR count). The van der Waals surface area contributed by atoms with Crippen LogP contribution in [0.25, 0.3) is 0 Å². The quantitative estimate of drug-likeness (QED) is 0.129. The van der Waals surface area contributed by atoms with Gasteiger partial charge in [0.25, 0.3) is 0 Å². The molecule has 206 valence electrons. The van der Waals surface area contributed by atoms with Crippen LogP contribution in [0.2, 0.25) is 0 Å². The van der Waals surface area contributed by atoms with Gasteiger partial charge in [-0.25, -0.2) is 9.78 Å². The first-order valence-corrected chi connectivity index (χ1v) is 11.8. The van der Waals surface area contributed by atoms with E-state index in [0.29, 0.717) is 11.3 Å². The maximum absolute atomic E-state index is 13.2. The smallest absolute Gasteiger partial charge is 0.326 e. The first-order valence-electron chi connectivity index (χ1n) is 11.8. The molecule has 1 aromatic heterocycles. The predicted octanol–water partition coefficient (Wildman–Crippen LogP) is -1.69. The van der Waals surface area contributed by atoms with Crippen LogP contribution in [0, 0.1) is 0 Å². The van der Waals surface area contributed by atoms with Crippen LogP contribution in [-0.2, 0) is 36.8 Å². The molecule has 0 aliphatic rings. The molecular weight excluding hydrogens is 500 g/mol. The van der Waals surface area contributed by atoms with Crippen LogP contribution < -0.4 is 21.7 Å². The van der Waals surface area contributed by atoms with E-state index in [4.69, 9.17) is 10.8 Å². The molecule has 0 spiro atoms. The molecule has 14 heteroatoms. The summed E-state index contributed by atoms with van der Waals surface area (Å²) in [6.07, 6.45) is 0.548. The maximum Gasteiger partial charge on any atom is 0.326 e. The van der Waals surface area contributed by atoms with Gasteiger partial charge < -0.3 is 42.0 Å². The summed E-state index contributed by atoms with van der Waals surface area (Å²) in [6, 6.07) is 3.24. The zero-order valence-electron chi connectivity index (χ0n) is 20.7. The maximum atomic E-state index is 13.2. The Balaban J connectivity index is 2.23. The number of carboxylic acid groups (broad SMARTS) is 2. The number of carboxylic acids is 2. The Labute approximate surface area is 218 Å². The van der Waals surface area contributed by atoms with Crippen molar-refractivity contribution < 1.29 is 39.3 Å². The fourth-order valence-corrected chi connectivity index (χ4v) is 3.44. The minimum absolute atomic E-state index is 0.00418. The van der Waals surface area contributed by atoms with Crippen LogP contribution in [0.15, 0.2) is 42.9 Å². The second-order valence-electron chi connectivity index (χ2n) is 8.69. The number of nitrogens with one attached hydrogen (secondary N) is 4. The Kier molecular flexibility index (Phi) is 11.4. The molecule has 0 saturated heterocycles. The van der Waals surface area contributed by atoms with Gasteiger partial charge in [0.15, 0.2) is 0 Å². The minimum Gasteiger partial charge on any atom is -0.481 e. The summed E-state index contributed by atoms with van der Waals surface area (Å²) in [4.78, 5) is 68.1. The van der Waals surface area contributed by atoms with Gasteiger partial charge in [-0.05, 0) is 18.9 Å². The predicted molar refractivity (Wildman–Crippen MR) is 132 cm³/mol. The minimum atomic E-state index is -1.43. The molecule has 3 amide bonds. The number of aromatic nitrogens is 2. The number of imidazole rings is 1. The lowest BCUT2D eigenvalue weighted by Gasteiger charge is -2.25. The van der Waals surface area contributed by atoms with Crippen molar-refractivity contribution in [2.24, 2.45) is 5.73 Å². The number of aliphatic hydroxyl groups excluding tert-OH is 1. The Morgan fingerprint density at radius 3 is 2.08 bits per heavy atom. The summed E-state index contributed by atoms with van der Waals surface area (Å²) < 4.78 is 0. The van der Waals surface area contributed by atoms with E-state index in [1.165, 1.54) is 19.4 Å². The number of carbonyl (C=O) groups excluding carboxylic acids is 3. The number of aromatic amines is 1. The summed E-state index contributed by atoms with van der Waals surface area (Å²) in [5, 5.41) is 35.5. The van der Waals surface area contributed by atoms with Gasteiger partial charge in [0.05, 0.1) is 12.4 Å². The largest absolute Gasteiger partial charge is 0.481 e. The molecule has 0 radical (unpaired) electrons. The topological polar surface area (TPSA) is 237 Å². The molecule has 1 heterocycles. The molecule has 2 aromatic rings. The molecule has 9 N–H and O–H groups in total. The second kappa shape index (κ2) is 14.4. The van der Waals surface area contributed by atoms with Gasteiger partial charge in [-0.1, -0.05) is 30.3 Å². The summed E-state index contributed by atoms with van der Waals surface area (Å²) >= 11 is 0. The molecule has 0 fully saturated rings. The first kappa shape index (κ1) is 29.9. The average molecular weight is 533 g/mol. The lowest BCUT2D eigenvalue weighted by Crippen LogP contribution is -2.58. The molecular formula is C24H32N6O8. The van der Waals surface area contributed by atoms with Gasteiger partial charge in [0.1, 0.15) is 24.2 Å². The van der Waals surface area contributed by atoms with E-state index in [-0.39, 0.29) is 19.3 Å². The number of benzene rings is 1. The van der Waals surface area contributed by atoms with Crippen molar-refractivity contribution in [2.75, 3.05) is 0 Å². The van der Waals surface area contributed by atoms with Crippen LogP contribution in [0.3, 0.4) is 0 Å². The molecule has 14 nitrogen and oxygen atoms in total. The van der Waals surface area contributed by atoms with Gasteiger partial charge in [-0.15, -0.1) is 0 Å². The molecule has 0 bridgehead atoms. The summed E-state index contributed by atoms with van der Waals surface area (Å²) in [5.74, 6) is -5.14. The van der Waals surface area contributed by atoms with E-state index >= 15 is 0 Å². The first-order chi connectivity index (χ1) is 18.0. The standard InChI is InChI=1S/C24H32N6O8/c1-13(31)20(25)23(36)29-17(9-14-5-3-2-4-6-14)22(35)28-16(7-8-19(32)33)21(34)30-18(24(37)38)10-15-11-26-12-27-15/h2-6,11-13,16-18,20,31H,7-10,25H2,1H3,(H,26,27)(H,28,35)(H,29,36)(H,30,34)(H,32,33)(H,37,38).